The number of anilines is 1. The summed E-state index contributed by atoms with van der Waals surface area (Å²) >= 11 is 0. The Morgan fingerprint density at radius 3 is 2.52 bits per heavy atom. The summed E-state index contributed by atoms with van der Waals surface area (Å²) in [6.45, 7) is 1.58. The van der Waals surface area contributed by atoms with E-state index in [0.717, 1.165) is 12.1 Å². The highest BCUT2D eigenvalue weighted by molar-refractivity contribution is 6.06. The maximum absolute atomic E-state index is 12.9. The first-order valence-electron chi connectivity index (χ1n) is 8.02. The van der Waals surface area contributed by atoms with E-state index in [1.165, 1.54) is 25.3 Å². The highest BCUT2D eigenvalue weighted by Gasteiger charge is 2.30. The molecule has 7 heteroatoms. The van der Waals surface area contributed by atoms with E-state index in [9.17, 15) is 18.0 Å². The topological polar surface area (TPSA) is 51.5 Å². The van der Waals surface area contributed by atoms with Crippen LogP contribution in [-0.2, 0) is 6.18 Å². The highest BCUT2D eigenvalue weighted by atomic mass is 19.4. The molecule has 0 unspecified atom stereocenters. The van der Waals surface area contributed by atoms with Gasteiger partial charge in [0.25, 0.3) is 5.91 Å². The molecule has 0 bridgehead atoms. The Morgan fingerprint density at radius 2 is 1.81 bits per heavy atom. The van der Waals surface area contributed by atoms with Crippen molar-refractivity contribution in [1.82, 2.24) is 0 Å². The van der Waals surface area contributed by atoms with Crippen LogP contribution in [0.1, 0.15) is 21.7 Å². The Hall–Kier alpha value is -3.22. The fourth-order valence-electron chi connectivity index (χ4n) is 2.64. The molecule has 4 nitrogen and oxygen atoms in total. The molecule has 0 aliphatic heterocycles. The number of hydrogen-bond donors (Lipinski definition) is 1. The van der Waals surface area contributed by atoms with Crippen molar-refractivity contribution in [2.75, 3.05) is 12.4 Å². The van der Waals surface area contributed by atoms with Gasteiger partial charge in [0.2, 0.25) is 0 Å². The molecule has 0 saturated carbocycles. The summed E-state index contributed by atoms with van der Waals surface area (Å²) in [5, 5.41) is 2.72. The standard InChI is InChI=1S/C20H16F3NO3/c1-12-15(19(25)24-16-8-3-4-9-17(16)26-2)11-18(27-12)13-6-5-7-14(10-13)20(21,22)23/h3-11H,1-2H3,(H,24,25). The number of para-hydroxylation sites is 2. The molecule has 140 valence electrons. The van der Waals surface area contributed by atoms with Gasteiger partial charge in [-0.3, -0.25) is 4.79 Å². The normalized spacial score (nSPS) is 11.3. The lowest BCUT2D eigenvalue weighted by Crippen LogP contribution is -2.12. The van der Waals surface area contributed by atoms with Gasteiger partial charge in [-0.2, -0.15) is 13.2 Å². The largest absolute Gasteiger partial charge is 0.495 e. The molecule has 0 radical (unpaired) electrons. The third-order valence-corrected chi connectivity index (χ3v) is 3.99. The number of carbonyl (C=O) groups excluding carboxylic acids is 1. The quantitative estimate of drug-likeness (QED) is 0.652. The van der Waals surface area contributed by atoms with E-state index < -0.39 is 17.6 Å². The molecular weight excluding hydrogens is 359 g/mol. The third-order valence-electron chi connectivity index (χ3n) is 3.99. The van der Waals surface area contributed by atoms with Crippen molar-refractivity contribution in [1.29, 1.82) is 0 Å². The minimum Gasteiger partial charge on any atom is -0.495 e. The number of benzene rings is 2. The van der Waals surface area contributed by atoms with Gasteiger partial charge in [0.15, 0.2) is 0 Å². The highest BCUT2D eigenvalue weighted by Crippen LogP contribution is 2.33. The number of aryl methyl sites for hydroxylation is 1. The number of halogens is 3. The Kier molecular flexibility index (Phi) is 4.94. The predicted octanol–water partition coefficient (Wildman–Crippen LogP) is 5.53. The molecule has 2 aromatic carbocycles. The lowest BCUT2D eigenvalue weighted by atomic mass is 10.1. The van der Waals surface area contributed by atoms with Gasteiger partial charge in [-0.25, -0.2) is 0 Å². The van der Waals surface area contributed by atoms with Gasteiger partial charge < -0.3 is 14.5 Å². The molecule has 27 heavy (non-hydrogen) atoms. The summed E-state index contributed by atoms with van der Waals surface area (Å²) < 4.78 is 49.4. The smallest absolute Gasteiger partial charge is 0.416 e. The maximum Gasteiger partial charge on any atom is 0.416 e. The summed E-state index contributed by atoms with van der Waals surface area (Å²) in [5.41, 5.74) is 0.165. The van der Waals surface area contributed by atoms with Crippen LogP contribution in [0.3, 0.4) is 0 Å². The lowest BCUT2D eigenvalue weighted by Gasteiger charge is -2.09. The van der Waals surface area contributed by atoms with Crippen molar-refractivity contribution in [3.8, 4) is 17.1 Å². The van der Waals surface area contributed by atoms with Crippen LogP contribution >= 0.6 is 0 Å². The van der Waals surface area contributed by atoms with Crippen molar-refractivity contribution < 1.29 is 27.1 Å². The molecular formula is C20H16F3NO3. The Morgan fingerprint density at radius 1 is 1.07 bits per heavy atom. The second-order valence-corrected chi connectivity index (χ2v) is 5.81. The van der Waals surface area contributed by atoms with E-state index in [1.54, 1.807) is 31.2 Å². The second-order valence-electron chi connectivity index (χ2n) is 5.81. The van der Waals surface area contributed by atoms with Gasteiger partial charge in [0.1, 0.15) is 17.3 Å². The summed E-state index contributed by atoms with van der Waals surface area (Å²) in [5.74, 6) is 0.530. The van der Waals surface area contributed by atoms with Crippen LogP contribution in [0.15, 0.2) is 59.0 Å². The van der Waals surface area contributed by atoms with Crippen molar-refractivity contribution in [3.63, 3.8) is 0 Å². The molecule has 1 aromatic heterocycles. The lowest BCUT2D eigenvalue weighted by molar-refractivity contribution is -0.137. The minimum absolute atomic E-state index is 0.184. The molecule has 3 rings (SSSR count). The molecule has 1 N–H and O–H groups in total. The van der Waals surface area contributed by atoms with Crippen LogP contribution in [0.4, 0.5) is 18.9 Å². The number of hydrogen-bond acceptors (Lipinski definition) is 3. The van der Waals surface area contributed by atoms with Crippen molar-refractivity contribution in [2.24, 2.45) is 0 Å². The fourth-order valence-corrected chi connectivity index (χ4v) is 2.64. The van der Waals surface area contributed by atoms with E-state index in [0.29, 0.717) is 17.2 Å². The maximum atomic E-state index is 12.9. The summed E-state index contributed by atoms with van der Waals surface area (Å²) in [4.78, 5) is 12.6. The zero-order valence-electron chi connectivity index (χ0n) is 14.6. The van der Waals surface area contributed by atoms with Crippen LogP contribution in [0.2, 0.25) is 0 Å². The number of alkyl halides is 3. The molecule has 0 aliphatic rings. The van der Waals surface area contributed by atoms with Crippen molar-refractivity contribution in [2.45, 2.75) is 13.1 Å². The number of nitrogens with one attached hydrogen (secondary N) is 1. The summed E-state index contributed by atoms with van der Waals surface area (Å²) in [6, 6.07) is 13.1. The molecule has 0 saturated heterocycles. The first-order valence-corrected chi connectivity index (χ1v) is 8.02. The number of furan rings is 1. The van der Waals surface area contributed by atoms with Crippen LogP contribution in [0.25, 0.3) is 11.3 Å². The third kappa shape index (κ3) is 3.97. The summed E-state index contributed by atoms with van der Waals surface area (Å²) in [7, 11) is 1.49. The molecule has 0 atom stereocenters. The van der Waals surface area contributed by atoms with E-state index >= 15 is 0 Å². The molecule has 0 spiro atoms. The molecule has 1 amide bonds. The molecule has 0 aliphatic carbocycles. The first-order chi connectivity index (χ1) is 12.8. The van der Waals surface area contributed by atoms with E-state index in [2.05, 4.69) is 5.32 Å². The van der Waals surface area contributed by atoms with Crippen LogP contribution in [0.5, 0.6) is 5.75 Å². The Balaban J connectivity index is 1.90. The zero-order chi connectivity index (χ0) is 19.6. The van der Waals surface area contributed by atoms with Gasteiger partial charge in [0.05, 0.1) is 23.9 Å². The van der Waals surface area contributed by atoms with Crippen molar-refractivity contribution in [3.05, 3.63) is 71.5 Å². The van der Waals surface area contributed by atoms with E-state index in [-0.39, 0.29) is 16.9 Å². The van der Waals surface area contributed by atoms with Crippen LogP contribution < -0.4 is 10.1 Å². The molecule has 1 heterocycles. The molecule has 0 fully saturated rings. The average molecular weight is 375 g/mol. The van der Waals surface area contributed by atoms with E-state index in [1.807, 2.05) is 0 Å². The van der Waals surface area contributed by atoms with Crippen LogP contribution in [-0.4, -0.2) is 13.0 Å². The second kappa shape index (κ2) is 7.19. The zero-order valence-corrected chi connectivity index (χ0v) is 14.6. The number of amides is 1. The van der Waals surface area contributed by atoms with Gasteiger partial charge in [-0.1, -0.05) is 24.3 Å². The van der Waals surface area contributed by atoms with Gasteiger partial charge >= 0.3 is 6.18 Å². The number of ether oxygens (including phenoxy) is 1. The van der Waals surface area contributed by atoms with Crippen LogP contribution in [0, 0.1) is 6.92 Å². The first kappa shape index (κ1) is 18.6. The predicted molar refractivity (Wildman–Crippen MR) is 94.8 cm³/mol. The van der Waals surface area contributed by atoms with E-state index in [4.69, 9.17) is 9.15 Å². The molecule has 3 aromatic rings. The fraction of sp³-hybridized carbons (Fsp3) is 0.150. The van der Waals surface area contributed by atoms with Gasteiger partial charge in [0, 0.05) is 5.56 Å². The van der Waals surface area contributed by atoms with Gasteiger partial charge in [-0.15, -0.1) is 0 Å². The summed E-state index contributed by atoms with van der Waals surface area (Å²) in [6.07, 6.45) is -4.46. The number of methoxy groups -OCH3 is 1. The average Bonchev–Trinajstić information content (AvgIpc) is 3.03. The Labute approximate surface area is 153 Å². The number of carbonyl (C=O) groups is 1. The minimum atomic E-state index is -4.46. The monoisotopic (exact) mass is 375 g/mol. The Bertz CT molecular complexity index is 977. The number of rotatable bonds is 4. The SMILES string of the molecule is COc1ccccc1NC(=O)c1cc(-c2cccc(C(F)(F)F)c2)oc1C. The van der Waals surface area contributed by atoms with Gasteiger partial charge in [-0.05, 0) is 37.3 Å². The van der Waals surface area contributed by atoms with Crippen molar-refractivity contribution >= 4 is 11.6 Å².